The molecule has 35 heavy (non-hydrogen) atoms. The third-order valence-electron chi connectivity index (χ3n) is 6.40. The molecule has 1 N–H and O–H groups in total. The molecule has 2 aromatic rings. The highest BCUT2D eigenvalue weighted by atomic mass is 16.5. The van der Waals surface area contributed by atoms with Crippen LogP contribution in [0.5, 0.6) is 17.2 Å². The highest BCUT2D eigenvalue weighted by molar-refractivity contribution is 6.46. The minimum Gasteiger partial charge on any atom is -0.507 e. The lowest BCUT2D eigenvalue weighted by molar-refractivity contribution is -0.140. The molecule has 1 fully saturated rings. The number of ether oxygens (including phenoxy) is 3. The summed E-state index contributed by atoms with van der Waals surface area (Å²) < 4.78 is 16.2. The lowest BCUT2D eigenvalue weighted by Crippen LogP contribution is -2.33. The molecule has 0 radical (unpaired) electrons. The van der Waals surface area contributed by atoms with Gasteiger partial charge in [0, 0.05) is 17.7 Å². The van der Waals surface area contributed by atoms with E-state index in [4.69, 9.17) is 14.2 Å². The zero-order valence-corrected chi connectivity index (χ0v) is 21.0. The quantitative estimate of drug-likeness (QED) is 0.296. The van der Waals surface area contributed by atoms with E-state index in [9.17, 15) is 14.7 Å². The summed E-state index contributed by atoms with van der Waals surface area (Å²) in [4.78, 5) is 30.3. The van der Waals surface area contributed by atoms with Gasteiger partial charge in [-0.15, -0.1) is 0 Å². The number of Topliss-reactive ketones (excluding diaryl/α,β-unsaturated/α-hetero) is 1. The molecule has 1 aliphatic heterocycles. The normalized spacial score (nSPS) is 17.2. The third kappa shape index (κ3) is 5.43. The van der Waals surface area contributed by atoms with E-state index in [2.05, 4.69) is 18.7 Å². The second kappa shape index (κ2) is 11.8. The van der Waals surface area contributed by atoms with E-state index in [1.54, 1.807) is 56.7 Å². The molecule has 0 saturated carbocycles. The largest absolute Gasteiger partial charge is 0.507 e. The number of likely N-dealkylation sites (tertiary alicyclic amines) is 1. The molecule has 1 heterocycles. The number of carbonyl (C=O) groups is 2. The standard InChI is InChI=1S/C27H34N2O6/c1-6-28(7-2)15-8-16-29-24(21-17-20(34-4)13-14-22(21)35-5)23(26(31)27(29)32)25(30)18-9-11-19(33-3)12-10-18/h9-14,17,24,30H,6-8,15-16H2,1-5H3/b25-23+. The first-order valence-electron chi connectivity index (χ1n) is 11.8. The first kappa shape index (κ1) is 26.1. The fraction of sp³-hybridized carbons (Fsp3) is 0.407. The summed E-state index contributed by atoms with van der Waals surface area (Å²) in [5, 5.41) is 11.3. The van der Waals surface area contributed by atoms with Gasteiger partial charge in [-0.1, -0.05) is 13.8 Å². The number of amides is 1. The average molecular weight is 483 g/mol. The molecule has 8 nitrogen and oxygen atoms in total. The first-order chi connectivity index (χ1) is 16.9. The number of carbonyl (C=O) groups excluding carboxylic acids is 2. The fourth-order valence-corrected chi connectivity index (χ4v) is 4.40. The Morgan fingerprint density at radius 3 is 2.14 bits per heavy atom. The molecule has 188 valence electrons. The Hall–Kier alpha value is -3.52. The number of methoxy groups -OCH3 is 3. The zero-order valence-electron chi connectivity index (χ0n) is 21.0. The van der Waals surface area contributed by atoms with Crippen LogP contribution in [0.4, 0.5) is 0 Å². The molecule has 3 rings (SSSR count). The first-order valence-corrected chi connectivity index (χ1v) is 11.8. The highest BCUT2D eigenvalue weighted by Gasteiger charge is 2.47. The zero-order chi connectivity index (χ0) is 25.5. The number of nitrogens with zero attached hydrogens (tertiary/aromatic N) is 2. The molecule has 2 aromatic carbocycles. The molecular weight excluding hydrogens is 448 g/mol. The summed E-state index contributed by atoms with van der Waals surface area (Å²) in [6.45, 7) is 7.12. The summed E-state index contributed by atoms with van der Waals surface area (Å²) in [5.74, 6) is 0.0492. The van der Waals surface area contributed by atoms with Crippen LogP contribution in [0, 0.1) is 0 Å². The van der Waals surface area contributed by atoms with Crippen molar-refractivity contribution in [2.24, 2.45) is 0 Å². The summed E-state index contributed by atoms with van der Waals surface area (Å²) in [5.41, 5.74) is 1.01. The van der Waals surface area contributed by atoms with Crippen LogP contribution in [0.1, 0.15) is 37.4 Å². The number of rotatable bonds is 11. The van der Waals surface area contributed by atoms with Crippen molar-refractivity contribution in [1.82, 2.24) is 9.80 Å². The molecule has 1 unspecified atom stereocenters. The molecule has 0 aromatic heterocycles. The number of aliphatic hydroxyl groups is 1. The maximum Gasteiger partial charge on any atom is 0.295 e. The van der Waals surface area contributed by atoms with Gasteiger partial charge in [0.15, 0.2) is 0 Å². The second-order valence-corrected chi connectivity index (χ2v) is 8.21. The van der Waals surface area contributed by atoms with Gasteiger partial charge in [-0.2, -0.15) is 0 Å². The van der Waals surface area contributed by atoms with Crippen molar-refractivity contribution in [1.29, 1.82) is 0 Å². The van der Waals surface area contributed by atoms with Crippen LogP contribution >= 0.6 is 0 Å². The third-order valence-corrected chi connectivity index (χ3v) is 6.40. The van der Waals surface area contributed by atoms with Gasteiger partial charge in [0.2, 0.25) is 0 Å². The Bertz CT molecular complexity index is 1080. The Morgan fingerprint density at radius 1 is 0.943 bits per heavy atom. The number of hydrogen-bond acceptors (Lipinski definition) is 7. The van der Waals surface area contributed by atoms with Crippen LogP contribution < -0.4 is 14.2 Å². The van der Waals surface area contributed by atoms with Gasteiger partial charge in [0.25, 0.3) is 11.7 Å². The van der Waals surface area contributed by atoms with E-state index in [0.29, 0.717) is 41.3 Å². The molecule has 1 aliphatic rings. The van der Waals surface area contributed by atoms with E-state index < -0.39 is 17.7 Å². The average Bonchev–Trinajstić information content (AvgIpc) is 3.15. The minimum absolute atomic E-state index is 0.0227. The van der Waals surface area contributed by atoms with E-state index >= 15 is 0 Å². The number of aliphatic hydroxyl groups excluding tert-OH is 1. The SMILES string of the molecule is CCN(CC)CCCN1C(=O)C(=O)/C(=C(/O)c2ccc(OC)cc2)C1c1cc(OC)ccc1OC. The Kier molecular flexibility index (Phi) is 8.76. The molecule has 1 atom stereocenters. The highest BCUT2D eigenvalue weighted by Crippen LogP contribution is 2.44. The van der Waals surface area contributed by atoms with Crippen LogP contribution in [-0.4, -0.2) is 74.1 Å². The van der Waals surface area contributed by atoms with Gasteiger partial charge in [0.1, 0.15) is 23.0 Å². The summed E-state index contributed by atoms with van der Waals surface area (Å²) in [6, 6.07) is 11.1. The minimum atomic E-state index is -0.821. The second-order valence-electron chi connectivity index (χ2n) is 8.21. The fourth-order valence-electron chi connectivity index (χ4n) is 4.40. The predicted octanol–water partition coefficient (Wildman–Crippen LogP) is 3.87. The number of hydrogen-bond donors (Lipinski definition) is 1. The van der Waals surface area contributed by atoms with Gasteiger partial charge in [-0.05, 0) is 68.5 Å². The van der Waals surface area contributed by atoms with E-state index in [-0.39, 0.29) is 11.3 Å². The molecular formula is C27H34N2O6. The van der Waals surface area contributed by atoms with Crippen molar-refractivity contribution in [3.8, 4) is 17.2 Å². The van der Waals surface area contributed by atoms with Crippen molar-refractivity contribution in [3.05, 3.63) is 59.2 Å². The maximum atomic E-state index is 13.3. The van der Waals surface area contributed by atoms with Gasteiger partial charge in [-0.3, -0.25) is 9.59 Å². The van der Waals surface area contributed by atoms with Crippen LogP contribution in [0.3, 0.4) is 0 Å². The molecule has 8 heteroatoms. The Labute approximate surface area is 206 Å². The van der Waals surface area contributed by atoms with Gasteiger partial charge < -0.3 is 29.1 Å². The number of ketones is 1. The van der Waals surface area contributed by atoms with Crippen molar-refractivity contribution in [2.75, 3.05) is 47.5 Å². The maximum absolute atomic E-state index is 13.3. The predicted molar refractivity (Wildman–Crippen MR) is 134 cm³/mol. The van der Waals surface area contributed by atoms with Crippen LogP contribution in [0.25, 0.3) is 5.76 Å². The van der Waals surface area contributed by atoms with Crippen molar-refractivity contribution in [3.63, 3.8) is 0 Å². The van der Waals surface area contributed by atoms with Crippen molar-refractivity contribution >= 4 is 17.4 Å². The van der Waals surface area contributed by atoms with E-state index in [1.807, 2.05) is 0 Å². The molecule has 0 bridgehead atoms. The van der Waals surface area contributed by atoms with Crippen LogP contribution in [0.2, 0.25) is 0 Å². The van der Waals surface area contributed by atoms with Crippen molar-refractivity contribution < 1.29 is 28.9 Å². The molecule has 1 saturated heterocycles. The summed E-state index contributed by atoms with van der Waals surface area (Å²) in [6.07, 6.45) is 0.681. The Balaban J connectivity index is 2.12. The smallest absolute Gasteiger partial charge is 0.295 e. The van der Waals surface area contributed by atoms with Gasteiger partial charge >= 0.3 is 0 Å². The van der Waals surface area contributed by atoms with Crippen molar-refractivity contribution in [2.45, 2.75) is 26.3 Å². The van der Waals surface area contributed by atoms with E-state index in [0.717, 1.165) is 19.6 Å². The number of benzene rings is 2. The Morgan fingerprint density at radius 2 is 1.57 bits per heavy atom. The lowest BCUT2D eigenvalue weighted by Gasteiger charge is -2.28. The molecule has 0 spiro atoms. The van der Waals surface area contributed by atoms with Crippen LogP contribution in [-0.2, 0) is 9.59 Å². The van der Waals surface area contributed by atoms with Crippen LogP contribution in [0.15, 0.2) is 48.0 Å². The topological polar surface area (TPSA) is 88.5 Å². The molecule has 1 amide bonds. The monoisotopic (exact) mass is 482 g/mol. The van der Waals surface area contributed by atoms with Gasteiger partial charge in [0.05, 0.1) is 32.9 Å². The lowest BCUT2D eigenvalue weighted by atomic mass is 9.94. The molecule has 0 aliphatic carbocycles. The summed E-state index contributed by atoms with van der Waals surface area (Å²) >= 11 is 0. The van der Waals surface area contributed by atoms with Gasteiger partial charge in [-0.25, -0.2) is 0 Å². The summed E-state index contributed by atoms with van der Waals surface area (Å²) in [7, 11) is 4.62. The van der Waals surface area contributed by atoms with E-state index in [1.165, 1.54) is 12.0 Å².